The molecular formula is C18H19N3O3. The van der Waals surface area contributed by atoms with E-state index in [1.807, 2.05) is 12.1 Å². The van der Waals surface area contributed by atoms with Crippen LogP contribution in [0.15, 0.2) is 53.6 Å². The van der Waals surface area contributed by atoms with Crippen molar-refractivity contribution in [2.45, 2.75) is 19.8 Å². The number of benzene rings is 2. The minimum atomic E-state index is -0.894. The summed E-state index contributed by atoms with van der Waals surface area (Å²) in [5.74, 6) is -1.29. The lowest BCUT2D eigenvalue weighted by Crippen LogP contribution is -2.32. The molecule has 0 atom stereocenters. The molecule has 2 amide bonds. The van der Waals surface area contributed by atoms with Gasteiger partial charge in [0.25, 0.3) is 0 Å². The number of hydrogen-bond donors (Lipinski definition) is 3. The minimum absolute atomic E-state index is 0.0326. The molecule has 0 saturated heterocycles. The van der Waals surface area contributed by atoms with E-state index in [0.717, 1.165) is 5.56 Å². The third-order valence-electron chi connectivity index (χ3n) is 3.35. The molecule has 24 heavy (non-hydrogen) atoms. The van der Waals surface area contributed by atoms with Crippen LogP contribution >= 0.6 is 0 Å². The normalized spacial score (nSPS) is 10.8. The van der Waals surface area contributed by atoms with E-state index in [1.54, 1.807) is 30.3 Å². The van der Waals surface area contributed by atoms with Gasteiger partial charge < -0.3 is 10.4 Å². The molecule has 6 nitrogen and oxygen atoms in total. The molecule has 0 aromatic heterocycles. The first kappa shape index (κ1) is 17.2. The molecule has 2 rings (SSSR count). The van der Waals surface area contributed by atoms with Gasteiger partial charge in [0.05, 0.1) is 6.21 Å². The van der Waals surface area contributed by atoms with Crippen LogP contribution in [0.2, 0.25) is 0 Å². The molecule has 124 valence electrons. The summed E-state index contributed by atoms with van der Waals surface area (Å²) in [6.07, 6.45) is 1.26. The number of carbonyl (C=O) groups excluding carboxylic acids is 2. The number of amides is 2. The molecule has 0 unspecified atom stereocenters. The maximum Gasteiger partial charge on any atom is 0.329 e. The molecule has 0 heterocycles. The molecular weight excluding hydrogens is 306 g/mol. The smallest absolute Gasteiger partial charge is 0.329 e. The highest BCUT2D eigenvalue weighted by atomic mass is 16.3. The van der Waals surface area contributed by atoms with Gasteiger partial charge >= 0.3 is 11.8 Å². The van der Waals surface area contributed by atoms with Crippen LogP contribution in [0.1, 0.15) is 30.9 Å². The topological polar surface area (TPSA) is 90.8 Å². The molecule has 0 spiro atoms. The van der Waals surface area contributed by atoms with Crippen LogP contribution in [0.4, 0.5) is 5.69 Å². The van der Waals surface area contributed by atoms with E-state index >= 15 is 0 Å². The summed E-state index contributed by atoms with van der Waals surface area (Å²) >= 11 is 0. The van der Waals surface area contributed by atoms with E-state index in [1.165, 1.54) is 12.3 Å². The number of anilines is 1. The summed E-state index contributed by atoms with van der Waals surface area (Å²) in [6, 6.07) is 13.8. The molecule has 3 N–H and O–H groups in total. The molecule has 0 aliphatic heterocycles. The number of phenolic OH excluding ortho intramolecular Hbond substituents is 1. The molecule has 0 bridgehead atoms. The lowest BCUT2D eigenvalue weighted by Gasteiger charge is -2.07. The molecule has 0 radical (unpaired) electrons. The van der Waals surface area contributed by atoms with Crippen molar-refractivity contribution in [2.24, 2.45) is 5.10 Å². The predicted octanol–water partition coefficient (Wildman–Crippen LogP) is 2.60. The fourth-order valence-electron chi connectivity index (χ4n) is 1.95. The van der Waals surface area contributed by atoms with Crippen LogP contribution in [0.3, 0.4) is 0 Å². The highest BCUT2D eigenvalue weighted by molar-refractivity contribution is 6.39. The van der Waals surface area contributed by atoms with Crippen molar-refractivity contribution >= 4 is 23.7 Å². The van der Waals surface area contributed by atoms with Crippen molar-refractivity contribution in [1.29, 1.82) is 0 Å². The maximum atomic E-state index is 11.8. The molecule has 0 aliphatic rings. The molecule has 2 aromatic carbocycles. The Hall–Kier alpha value is -3.15. The number of nitrogens with one attached hydrogen (secondary N) is 2. The first-order valence-electron chi connectivity index (χ1n) is 7.49. The molecule has 2 aromatic rings. The zero-order chi connectivity index (χ0) is 17.5. The Kier molecular flexibility index (Phi) is 5.68. The summed E-state index contributed by atoms with van der Waals surface area (Å²) in [6.45, 7) is 4.15. The van der Waals surface area contributed by atoms with Crippen LogP contribution in [0, 0.1) is 0 Å². The number of phenols is 1. The van der Waals surface area contributed by atoms with Gasteiger partial charge in [0.15, 0.2) is 0 Å². The van der Waals surface area contributed by atoms with E-state index in [4.69, 9.17) is 0 Å². The van der Waals surface area contributed by atoms with Gasteiger partial charge in [-0.2, -0.15) is 5.10 Å². The summed E-state index contributed by atoms with van der Waals surface area (Å²) in [5, 5.41) is 15.7. The Morgan fingerprint density at radius 3 is 2.33 bits per heavy atom. The molecule has 0 saturated carbocycles. The van der Waals surface area contributed by atoms with Gasteiger partial charge in [0.1, 0.15) is 5.75 Å². The van der Waals surface area contributed by atoms with E-state index in [2.05, 4.69) is 29.7 Å². The Bertz CT molecular complexity index is 752. The first-order chi connectivity index (χ1) is 11.5. The van der Waals surface area contributed by atoms with Gasteiger partial charge in [-0.15, -0.1) is 0 Å². The summed E-state index contributed by atoms with van der Waals surface area (Å²) < 4.78 is 0. The number of hydrazone groups is 1. The molecule has 0 aliphatic carbocycles. The SMILES string of the molecule is CC(C)c1ccc(NC(=O)C(=O)N/N=C\c2ccccc2O)cc1. The summed E-state index contributed by atoms with van der Waals surface area (Å²) in [5.41, 5.74) is 4.22. The van der Waals surface area contributed by atoms with Crippen molar-refractivity contribution in [1.82, 2.24) is 5.43 Å². The lowest BCUT2D eigenvalue weighted by molar-refractivity contribution is -0.136. The average molecular weight is 325 g/mol. The zero-order valence-corrected chi connectivity index (χ0v) is 13.5. The lowest BCUT2D eigenvalue weighted by atomic mass is 10.0. The highest BCUT2D eigenvalue weighted by Crippen LogP contribution is 2.17. The number of carbonyl (C=O) groups is 2. The van der Waals surface area contributed by atoms with E-state index in [9.17, 15) is 14.7 Å². The van der Waals surface area contributed by atoms with Crippen LogP contribution < -0.4 is 10.7 Å². The van der Waals surface area contributed by atoms with Crippen LogP contribution in [-0.2, 0) is 9.59 Å². The number of aromatic hydroxyl groups is 1. The molecule has 0 fully saturated rings. The van der Waals surface area contributed by atoms with Crippen molar-refractivity contribution in [3.05, 3.63) is 59.7 Å². The first-order valence-corrected chi connectivity index (χ1v) is 7.49. The second-order valence-electron chi connectivity index (χ2n) is 5.49. The fourth-order valence-corrected chi connectivity index (χ4v) is 1.95. The third kappa shape index (κ3) is 4.67. The van der Waals surface area contributed by atoms with Crippen LogP contribution in [-0.4, -0.2) is 23.1 Å². The summed E-state index contributed by atoms with van der Waals surface area (Å²) in [4.78, 5) is 23.5. The number of rotatable bonds is 4. The number of nitrogens with zero attached hydrogens (tertiary/aromatic N) is 1. The van der Waals surface area contributed by atoms with E-state index in [0.29, 0.717) is 17.2 Å². The van der Waals surface area contributed by atoms with Gasteiger partial charge in [-0.3, -0.25) is 9.59 Å². The monoisotopic (exact) mass is 325 g/mol. The quantitative estimate of drug-likeness (QED) is 0.458. The largest absolute Gasteiger partial charge is 0.507 e. The Balaban J connectivity index is 1.90. The Morgan fingerprint density at radius 2 is 1.71 bits per heavy atom. The van der Waals surface area contributed by atoms with E-state index in [-0.39, 0.29) is 5.75 Å². The second kappa shape index (κ2) is 7.92. The number of hydrogen-bond acceptors (Lipinski definition) is 4. The second-order valence-corrected chi connectivity index (χ2v) is 5.49. The highest BCUT2D eigenvalue weighted by Gasteiger charge is 2.13. The standard InChI is InChI=1S/C18H19N3O3/c1-12(2)13-7-9-15(10-8-13)20-17(23)18(24)21-19-11-14-5-3-4-6-16(14)22/h3-12,22H,1-2H3,(H,20,23)(H,21,24)/b19-11-. The zero-order valence-electron chi connectivity index (χ0n) is 13.5. The van der Waals surface area contributed by atoms with Crippen LogP contribution in [0.25, 0.3) is 0 Å². The Morgan fingerprint density at radius 1 is 1.04 bits per heavy atom. The predicted molar refractivity (Wildman–Crippen MR) is 93.0 cm³/mol. The molecule has 6 heteroatoms. The van der Waals surface area contributed by atoms with Crippen molar-refractivity contribution in [2.75, 3.05) is 5.32 Å². The summed E-state index contributed by atoms with van der Waals surface area (Å²) in [7, 11) is 0. The van der Waals surface area contributed by atoms with Gasteiger partial charge in [-0.1, -0.05) is 38.1 Å². The minimum Gasteiger partial charge on any atom is -0.507 e. The third-order valence-corrected chi connectivity index (χ3v) is 3.35. The van der Waals surface area contributed by atoms with Crippen molar-refractivity contribution < 1.29 is 14.7 Å². The number of para-hydroxylation sites is 1. The van der Waals surface area contributed by atoms with Crippen LogP contribution in [0.5, 0.6) is 5.75 Å². The average Bonchev–Trinajstić information content (AvgIpc) is 2.57. The maximum absolute atomic E-state index is 11.8. The van der Waals surface area contributed by atoms with Crippen molar-refractivity contribution in [3.8, 4) is 5.75 Å². The Labute approximate surface area is 140 Å². The van der Waals surface area contributed by atoms with Gasteiger partial charge in [0, 0.05) is 11.3 Å². The van der Waals surface area contributed by atoms with Gasteiger partial charge in [-0.05, 0) is 35.7 Å². The van der Waals surface area contributed by atoms with Gasteiger partial charge in [0.2, 0.25) is 0 Å². The van der Waals surface area contributed by atoms with Crippen molar-refractivity contribution in [3.63, 3.8) is 0 Å². The van der Waals surface area contributed by atoms with E-state index < -0.39 is 11.8 Å². The van der Waals surface area contributed by atoms with Gasteiger partial charge in [-0.25, -0.2) is 5.43 Å². The fraction of sp³-hybridized carbons (Fsp3) is 0.167.